The first-order valence-electron chi connectivity index (χ1n) is 9.66. The van der Waals surface area contributed by atoms with Crippen molar-refractivity contribution in [3.63, 3.8) is 0 Å². The van der Waals surface area contributed by atoms with Crippen LogP contribution in [0.3, 0.4) is 0 Å². The lowest BCUT2D eigenvalue weighted by Gasteiger charge is -2.33. The van der Waals surface area contributed by atoms with Crippen molar-refractivity contribution < 1.29 is 28.6 Å². The fourth-order valence-electron chi connectivity index (χ4n) is 3.79. The zero-order chi connectivity index (χ0) is 20.8. The summed E-state index contributed by atoms with van der Waals surface area (Å²) in [6, 6.07) is 11.3. The quantitative estimate of drug-likeness (QED) is 0.757. The monoisotopic (exact) mass is 401 g/mol. The van der Waals surface area contributed by atoms with Gasteiger partial charge in [-0.15, -0.1) is 0 Å². The molecule has 0 spiro atoms. The Morgan fingerprint density at radius 2 is 1.45 bits per heavy atom. The first-order chi connectivity index (χ1) is 14.1. The van der Waals surface area contributed by atoms with E-state index in [1.165, 1.54) is 4.90 Å². The zero-order valence-electron chi connectivity index (χ0n) is 17.5. The molecule has 156 valence electrons. The maximum absolute atomic E-state index is 13.0. The van der Waals surface area contributed by atoms with Crippen molar-refractivity contribution in [2.75, 3.05) is 54.6 Å². The number of hydrogen-bond donors (Lipinski definition) is 1. The van der Waals surface area contributed by atoms with E-state index in [1.807, 2.05) is 23.1 Å². The fourth-order valence-corrected chi connectivity index (χ4v) is 3.79. The van der Waals surface area contributed by atoms with Crippen molar-refractivity contribution in [2.45, 2.75) is 6.54 Å². The number of piperazine rings is 1. The molecule has 7 heteroatoms. The maximum Gasteiger partial charge on any atom is 0.258 e. The van der Waals surface area contributed by atoms with Crippen molar-refractivity contribution in [1.82, 2.24) is 4.90 Å². The van der Waals surface area contributed by atoms with Crippen LogP contribution in [0.5, 0.6) is 23.0 Å². The van der Waals surface area contributed by atoms with Gasteiger partial charge in [-0.2, -0.15) is 0 Å². The maximum atomic E-state index is 13.0. The minimum absolute atomic E-state index is 0.0289. The number of para-hydroxylation sites is 2. The predicted molar refractivity (Wildman–Crippen MR) is 109 cm³/mol. The average Bonchev–Trinajstić information content (AvgIpc) is 2.78. The van der Waals surface area contributed by atoms with Crippen LogP contribution < -0.4 is 23.8 Å². The van der Waals surface area contributed by atoms with Crippen LogP contribution in [-0.4, -0.2) is 65.4 Å². The molecule has 1 aliphatic rings. The Kier molecular flexibility index (Phi) is 6.82. The van der Waals surface area contributed by atoms with Gasteiger partial charge in [0.2, 0.25) is 0 Å². The molecular weight excluding hydrogens is 372 g/mol. The molecule has 1 amide bonds. The lowest BCUT2D eigenvalue weighted by molar-refractivity contribution is -0.917. The van der Waals surface area contributed by atoms with E-state index >= 15 is 0 Å². The molecule has 0 unspecified atom stereocenters. The number of rotatable bonds is 7. The zero-order valence-corrected chi connectivity index (χ0v) is 17.5. The van der Waals surface area contributed by atoms with E-state index in [1.54, 1.807) is 40.6 Å². The number of carbonyl (C=O) groups excluding carboxylic acids is 1. The summed E-state index contributed by atoms with van der Waals surface area (Å²) >= 11 is 0. The van der Waals surface area contributed by atoms with Crippen molar-refractivity contribution in [3.05, 3.63) is 47.5 Å². The molecule has 0 atom stereocenters. The molecule has 1 N–H and O–H groups in total. The largest absolute Gasteiger partial charge is 0.493 e. The lowest BCUT2D eigenvalue weighted by atomic mass is 10.1. The summed E-state index contributed by atoms with van der Waals surface area (Å²) < 4.78 is 21.7. The molecule has 1 fully saturated rings. The molecule has 0 aromatic heterocycles. The van der Waals surface area contributed by atoms with Gasteiger partial charge in [0.1, 0.15) is 6.54 Å². The smallest absolute Gasteiger partial charge is 0.258 e. The van der Waals surface area contributed by atoms with Crippen LogP contribution in [0.15, 0.2) is 36.4 Å². The van der Waals surface area contributed by atoms with Crippen molar-refractivity contribution in [2.24, 2.45) is 0 Å². The predicted octanol–water partition coefficient (Wildman–Crippen LogP) is 1.26. The SMILES string of the molecule is COc1cccc(C[NH+]2CCN(C(=O)c3cccc(OC)c3OC)CC2)c1OC. The van der Waals surface area contributed by atoms with Gasteiger partial charge in [-0.1, -0.05) is 12.1 Å². The molecule has 29 heavy (non-hydrogen) atoms. The van der Waals surface area contributed by atoms with E-state index in [0.29, 0.717) is 30.2 Å². The molecular formula is C22H29N2O5+. The molecule has 0 bridgehead atoms. The summed E-state index contributed by atoms with van der Waals surface area (Å²) in [6.45, 7) is 3.91. The molecule has 0 aliphatic carbocycles. The van der Waals surface area contributed by atoms with Crippen LogP contribution in [0, 0.1) is 0 Å². The molecule has 0 radical (unpaired) electrons. The van der Waals surface area contributed by atoms with Crippen LogP contribution in [0.4, 0.5) is 0 Å². The minimum atomic E-state index is -0.0289. The van der Waals surface area contributed by atoms with Gasteiger partial charge in [-0.05, 0) is 24.3 Å². The van der Waals surface area contributed by atoms with Gasteiger partial charge in [0.25, 0.3) is 5.91 Å². The van der Waals surface area contributed by atoms with Gasteiger partial charge in [0.05, 0.1) is 65.7 Å². The van der Waals surface area contributed by atoms with E-state index in [9.17, 15) is 4.79 Å². The Morgan fingerprint density at radius 3 is 2.03 bits per heavy atom. The number of ether oxygens (including phenoxy) is 4. The van der Waals surface area contributed by atoms with E-state index in [0.717, 1.165) is 36.7 Å². The standard InChI is InChI=1S/C22H28N2O5/c1-26-18-9-5-7-16(20(18)28-3)15-23-11-13-24(14-12-23)22(25)17-8-6-10-19(27-2)21(17)29-4/h5-10H,11-15H2,1-4H3/p+1. The third-order valence-corrected chi connectivity index (χ3v) is 5.32. The second-order valence-electron chi connectivity index (χ2n) is 6.91. The summed E-state index contributed by atoms with van der Waals surface area (Å²) in [5.41, 5.74) is 1.64. The number of nitrogens with zero attached hydrogens (tertiary/aromatic N) is 1. The lowest BCUT2D eigenvalue weighted by Crippen LogP contribution is -3.13. The first kappa shape index (κ1) is 20.8. The van der Waals surface area contributed by atoms with Crippen molar-refractivity contribution in [3.8, 4) is 23.0 Å². The highest BCUT2D eigenvalue weighted by molar-refractivity contribution is 5.97. The molecule has 1 saturated heterocycles. The summed E-state index contributed by atoms with van der Waals surface area (Å²) in [5, 5.41) is 0. The highest BCUT2D eigenvalue weighted by Gasteiger charge is 2.28. The highest BCUT2D eigenvalue weighted by atomic mass is 16.5. The first-order valence-corrected chi connectivity index (χ1v) is 9.66. The molecule has 3 rings (SSSR count). The number of nitrogens with one attached hydrogen (secondary N) is 1. The van der Waals surface area contributed by atoms with Crippen LogP contribution in [0.1, 0.15) is 15.9 Å². The van der Waals surface area contributed by atoms with Crippen molar-refractivity contribution in [1.29, 1.82) is 0 Å². The van der Waals surface area contributed by atoms with Crippen LogP contribution in [-0.2, 0) is 6.54 Å². The topological polar surface area (TPSA) is 61.7 Å². The van der Waals surface area contributed by atoms with E-state index in [-0.39, 0.29) is 5.91 Å². The fraction of sp³-hybridized carbons (Fsp3) is 0.409. The second kappa shape index (κ2) is 9.52. The molecule has 1 aliphatic heterocycles. The van der Waals surface area contributed by atoms with E-state index in [2.05, 4.69) is 6.07 Å². The summed E-state index contributed by atoms with van der Waals surface area (Å²) in [5.74, 6) is 2.54. The Hall–Kier alpha value is -2.93. The number of hydrogen-bond acceptors (Lipinski definition) is 5. The Balaban J connectivity index is 1.67. The van der Waals surface area contributed by atoms with E-state index in [4.69, 9.17) is 18.9 Å². The van der Waals surface area contributed by atoms with Crippen molar-refractivity contribution >= 4 is 5.91 Å². The third kappa shape index (κ3) is 4.40. The van der Waals surface area contributed by atoms with Gasteiger partial charge in [-0.25, -0.2) is 0 Å². The third-order valence-electron chi connectivity index (χ3n) is 5.32. The van der Waals surface area contributed by atoms with Crippen LogP contribution in [0.2, 0.25) is 0 Å². The van der Waals surface area contributed by atoms with E-state index < -0.39 is 0 Å². The molecule has 2 aromatic rings. The number of benzene rings is 2. The number of amides is 1. The molecule has 7 nitrogen and oxygen atoms in total. The summed E-state index contributed by atoms with van der Waals surface area (Å²) in [4.78, 5) is 16.3. The summed E-state index contributed by atoms with van der Waals surface area (Å²) in [6.07, 6.45) is 0. The number of quaternary nitrogens is 1. The summed E-state index contributed by atoms with van der Waals surface area (Å²) in [7, 11) is 6.43. The Labute approximate surface area is 171 Å². The van der Waals surface area contributed by atoms with Gasteiger partial charge in [0.15, 0.2) is 23.0 Å². The Morgan fingerprint density at radius 1 is 0.862 bits per heavy atom. The molecule has 1 heterocycles. The van der Waals surface area contributed by atoms with Gasteiger partial charge < -0.3 is 28.7 Å². The van der Waals surface area contributed by atoms with Gasteiger partial charge in [0, 0.05) is 0 Å². The average molecular weight is 401 g/mol. The van der Waals surface area contributed by atoms with Crippen LogP contribution >= 0.6 is 0 Å². The molecule has 2 aromatic carbocycles. The van der Waals surface area contributed by atoms with Gasteiger partial charge >= 0.3 is 0 Å². The van der Waals surface area contributed by atoms with Crippen LogP contribution in [0.25, 0.3) is 0 Å². The normalized spacial score (nSPS) is 14.4. The second-order valence-corrected chi connectivity index (χ2v) is 6.91. The highest BCUT2D eigenvalue weighted by Crippen LogP contribution is 2.32. The number of methoxy groups -OCH3 is 4. The molecule has 0 saturated carbocycles. The Bertz CT molecular complexity index is 847. The number of carbonyl (C=O) groups is 1. The van der Waals surface area contributed by atoms with Gasteiger partial charge in [-0.3, -0.25) is 4.79 Å². The minimum Gasteiger partial charge on any atom is -0.493 e.